The number of hydrogen-bond acceptors (Lipinski definition) is 6. The Balaban J connectivity index is 1.67. The maximum absolute atomic E-state index is 12.9. The molecule has 0 unspecified atom stereocenters. The molecule has 1 aromatic heterocycles. The molecular formula is C23H37N5O4S. The molecule has 2 heterocycles. The van der Waals surface area contributed by atoms with Gasteiger partial charge in [-0.3, -0.25) is 4.79 Å². The molecule has 10 heteroatoms. The van der Waals surface area contributed by atoms with Crippen molar-refractivity contribution in [2.24, 2.45) is 5.73 Å². The van der Waals surface area contributed by atoms with E-state index in [1.54, 1.807) is 21.0 Å². The molecule has 0 aliphatic carbocycles. The quantitative estimate of drug-likeness (QED) is 0.475. The number of nitrogens with two attached hydrogens (primary N) is 1. The van der Waals surface area contributed by atoms with Gasteiger partial charge in [0.1, 0.15) is 5.82 Å². The SMILES string of the molecule is COCCCn1c([C@@H]2CCCN(C(=O)C[C@@H](N)CNS(=O)(=O)C(C)C)C2)nc2ccccc21. The predicted octanol–water partition coefficient (Wildman–Crippen LogP) is 1.82. The molecule has 1 aromatic carbocycles. The van der Waals surface area contributed by atoms with Crippen molar-refractivity contribution < 1.29 is 17.9 Å². The number of imidazole rings is 1. The Kier molecular flexibility index (Phi) is 8.86. The van der Waals surface area contributed by atoms with E-state index in [1.807, 2.05) is 23.1 Å². The van der Waals surface area contributed by atoms with E-state index in [4.69, 9.17) is 15.5 Å². The number of aromatic nitrogens is 2. The third kappa shape index (κ3) is 6.53. The largest absolute Gasteiger partial charge is 0.385 e. The summed E-state index contributed by atoms with van der Waals surface area (Å²) in [6, 6.07) is 7.55. The fourth-order valence-electron chi connectivity index (χ4n) is 4.24. The van der Waals surface area contributed by atoms with Gasteiger partial charge in [0.2, 0.25) is 15.9 Å². The van der Waals surface area contributed by atoms with Crippen molar-refractivity contribution in [3.63, 3.8) is 0 Å². The molecule has 0 saturated carbocycles. The molecule has 3 N–H and O–H groups in total. The molecule has 0 bridgehead atoms. The van der Waals surface area contributed by atoms with Crippen molar-refractivity contribution in [1.82, 2.24) is 19.2 Å². The number of sulfonamides is 1. The third-order valence-electron chi connectivity index (χ3n) is 6.16. The normalized spacial score (nSPS) is 18.2. The topological polar surface area (TPSA) is 120 Å². The highest BCUT2D eigenvalue weighted by molar-refractivity contribution is 7.90. The first-order valence-electron chi connectivity index (χ1n) is 11.7. The summed E-state index contributed by atoms with van der Waals surface area (Å²) < 4.78 is 33.9. The maximum atomic E-state index is 12.9. The van der Waals surface area contributed by atoms with Crippen molar-refractivity contribution in [1.29, 1.82) is 0 Å². The van der Waals surface area contributed by atoms with Gasteiger partial charge in [0.05, 0.1) is 16.3 Å². The number of nitrogens with zero attached hydrogens (tertiary/aromatic N) is 3. The molecule has 0 spiro atoms. The smallest absolute Gasteiger partial charge is 0.224 e. The number of methoxy groups -OCH3 is 1. The van der Waals surface area contributed by atoms with E-state index >= 15 is 0 Å². The Morgan fingerprint density at radius 1 is 1.33 bits per heavy atom. The Morgan fingerprint density at radius 3 is 2.82 bits per heavy atom. The molecule has 2 aromatic rings. The minimum Gasteiger partial charge on any atom is -0.385 e. The zero-order valence-electron chi connectivity index (χ0n) is 19.9. The second-order valence-electron chi connectivity index (χ2n) is 9.04. The number of likely N-dealkylation sites (tertiary alicyclic amines) is 1. The number of piperidine rings is 1. The van der Waals surface area contributed by atoms with Crippen molar-refractivity contribution in [2.75, 3.05) is 33.4 Å². The minimum absolute atomic E-state index is 0.0435. The number of carbonyl (C=O) groups is 1. The van der Waals surface area contributed by atoms with Gasteiger partial charge in [-0.15, -0.1) is 0 Å². The number of fused-ring (bicyclic) bond motifs is 1. The molecule has 2 atom stereocenters. The number of nitrogens with one attached hydrogen (secondary N) is 1. The van der Waals surface area contributed by atoms with Crippen LogP contribution in [0.1, 0.15) is 51.3 Å². The van der Waals surface area contributed by atoms with Crippen LogP contribution in [0.3, 0.4) is 0 Å². The molecule has 1 aliphatic rings. The van der Waals surface area contributed by atoms with Gasteiger partial charge in [-0.2, -0.15) is 0 Å². The van der Waals surface area contributed by atoms with Crippen LogP contribution < -0.4 is 10.5 Å². The molecule has 0 radical (unpaired) electrons. The Labute approximate surface area is 196 Å². The highest BCUT2D eigenvalue weighted by Crippen LogP contribution is 2.30. The minimum atomic E-state index is -3.40. The van der Waals surface area contributed by atoms with Gasteiger partial charge in [0.15, 0.2) is 0 Å². The van der Waals surface area contributed by atoms with Crippen LogP contribution in [0.2, 0.25) is 0 Å². The summed E-state index contributed by atoms with van der Waals surface area (Å²) in [4.78, 5) is 19.7. The van der Waals surface area contributed by atoms with E-state index in [-0.39, 0.29) is 24.8 Å². The van der Waals surface area contributed by atoms with E-state index in [9.17, 15) is 13.2 Å². The van der Waals surface area contributed by atoms with Crippen LogP contribution in [-0.4, -0.2) is 73.4 Å². The Morgan fingerprint density at radius 2 is 2.09 bits per heavy atom. The fraction of sp³-hybridized carbons (Fsp3) is 0.652. The number of aryl methyl sites for hydroxylation is 1. The first kappa shape index (κ1) is 25.6. The van der Waals surface area contributed by atoms with Crippen LogP contribution in [0.4, 0.5) is 0 Å². The van der Waals surface area contributed by atoms with Gasteiger partial charge in [0, 0.05) is 58.3 Å². The molecule has 1 saturated heterocycles. The van der Waals surface area contributed by atoms with E-state index in [0.717, 1.165) is 42.7 Å². The summed E-state index contributed by atoms with van der Waals surface area (Å²) in [6.45, 7) is 6.04. The van der Waals surface area contributed by atoms with Crippen LogP contribution in [0.15, 0.2) is 24.3 Å². The molecule has 1 fully saturated rings. The number of carbonyl (C=O) groups excluding carboxylic acids is 1. The van der Waals surface area contributed by atoms with Crippen molar-refractivity contribution in [2.45, 2.75) is 63.3 Å². The van der Waals surface area contributed by atoms with Crippen LogP contribution in [0.5, 0.6) is 0 Å². The molecule has 9 nitrogen and oxygen atoms in total. The number of rotatable bonds is 11. The first-order chi connectivity index (χ1) is 15.7. The maximum Gasteiger partial charge on any atom is 0.224 e. The second-order valence-corrected chi connectivity index (χ2v) is 11.4. The van der Waals surface area contributed by atoms with Gasteiger partial charge in [-0.05, 0) is 45.2 Å². The second kappa shape index (κ2) is 11.4. The fourth-order valence-corrected chi connectivity index (χ4v) is 5.02. The van der Waals surface area contributed by atoms with Crippen molar-refractivity contribution in [3.8, 4) is 0 Å². The van der Waals surface area contributed by atoms with E-state index in [1.165, 1.54) is 0 Å². The molecule has 1 aliphatic heterocycles. The Bertz CT molecular complexity index is 1040. The summed E-state index contributed by atoms with van der Waals surface area (Å²) in [7, 11) is -1.70. The van der Waals surface area contributed by atoms with Crippen molar-refractivity contribution in [3.05, 3.63) is 30.1 Å². The van der Waals surface area contributed by atoms with Gasteiger partial charge in [0.25, 0.3) is 0 Å². The summed E-state index contributed by atoms with van der Waals surface area (Å²) >= 11 is 0. The summed E-state index contributed by atoms with van der Waals surface area (Å²) in [6.07, 6.45) is 2.86. The van der Waals surface area contributed by atoms with Gasteiger partial charge in [-0.1, -0.05) is 12.1 Å². The first-order valence-corrected chi connectivity index (χ1v) is 13.2. The molecule has 3 rings (SSSR count). The zero-order chi connectivity index (χ0) is 24.0. The number of amides is 1. The van der Waals surface area contributed by atoms with Crippen LogP contribution in [0.25, 0.3) is 11.0 Å². The summed E-state index contributed by atoms with van der Waals surface area (Å²) in [5.41, 5.74) is 8.14. The lowest BCUT2D eigenvalue weighted by atomic mass is 9.96. The summed E-state index contributed by atoms with van der Waals surface area (Å²) in [5, 5.41) is -0.536. The lowest BCUT2D eigenvalue weighted by Crippen LogP contribution is -2.45. The number of hydrogen-bond donors (Lipinski definition) is 2. The third-order valence-corrected chi connectivity index (χ3v) is 7.97. The molecule has 33 heavy (non-hydrogen) atoms. The van der Waals surface area contributed by atoms with Crippen LogP contribution >= 0.6 is 0 Å². The van der Waals surface area contributed by atoms with E-state index in [0.29, 0.717) is 19.7 Å². The highest BCUT2D eigenvalue weighted by atomic mass is 32.2. The highest BCUT2D eigenvalue weighted by Gasteiger charge is 2.29. The van der Waals surface area contributed by atoms with Crippen LogP contribution in [-0.2, 0) is 26.1 Å². The molecular weight excluding hydrogens is 442 g/mol. The lowest BCUT2D eigenvalue weighted by Gasteiger charge is -2.33. The van der Waals surface area contributed by atoms with Gasteiger partial charge >= 0.3 is 0 Å². The lowest BCUT2D eigenvalue weighted by molar-refractivity contribution is -0.132. The number of para-hydroxylation sites is 2. The van der Waals surface area contributed by atoms with Gasteiger partial charge in [-0.25, -0.2) is 18.1 Å². The number of benzene rings is 1. The molecule has 1 amide bonds. The monoisotopic (exact) mass is 479 g/mol. The standard InChI is InChI=1S/C23H37N5O4S/c1-17(2)33(30,31)25-15-19(24)14-22(29)27-11-6-8-18(16-27)23-26-20-9-4-5-10-21(20)28(23)12-7-13-32-3/h4-5,9-10,17-19,25H,6-8,11-16,24H2,1-3H3/t18-,19-/m1/s1. The molecule has 184 valence electrons. The van der Waals surface area contributed by atoms with Crippen LogP contribution in [0, 0.1) is 0 Å². The zero-order valence-corrected chi connectivity index (χ0v) is 20.7. The average molecular weight is 480 g/mol. The Hall–Kier alpha value is -2.01. The number of ether oxygens (including phenoxy) is 1. The van der Waals surface area contributed by atoms with E-state index < -0.39 is 21.3 Å². The van der Waals surface area contributed by atoms with Gasteiger partial charge < -0.3 is 19.9 Å². The summed E-state index contributed by atoms with van der Waals surface area (Å²) in [5.74, 6) is 1.12. The predicted molar refractivity (Wildman–Crippen MR) is 129 cm³/mol. The average Bonchev–Trinajstić information content (AvgIpc) is 3.16. The van der Waals surface area contributed by atoms with E-state index in [2.05, 4.69) is 15.4 Å². The van der Waals surface area contributed by atoms with Crippen molar-refractivity contribution >= 4 is 27.0 Å².